The quantitative estimate of drug-likeness (QED) is 0.631. The number of esters is 1. The number of para-hydroxylation sites is 2. The Kier molecular flexibility index (Phi) is 6.44. The Balaban J connectivity index is 1.80. The number of H-pyrrole nitrogens is 1. The number of rotatable bonds is 6. The van der Waals surface area contributed by atoms with Gasteiger partial charge in [0.2, 0.25) is 5.91 Å². The van der Waals surface area contributed by atoms with Crippen LogP contribution in [0.3, 0.4) is 0 Å². The average molecular weight is 412 g/mol. The summed E-state index contributed by atoms with van der Waals surface area (Å²) in [5.74, 6) is -1.13. The summed E-state index contributed by atoms with van der Waals surface area (Å²) < 4.78 is 5.09. The molecular weight excluding hydrogens is 384 g/mol. The molecule has 8 nitrogen and oxygen atoms in total. The molecule has 0 saturated carbocycles. The van der Waals surface area contributed by atoms with E-state index in [-0.39, 0.29) is 24.3 Å². The van der Waals surface area contributed by atoms with E-state index >= 15 is 0 Å². The molecule has 2 heterocycles. The van der Waals surface area contributed by atoms with Crippen LogP contribution in [0.2, 0.25) is 0 Å². The van der Waals surface area contributed by atoms with E-state index in [1.807, 2.05) is 24.3 Å². The predicted molar refractivity (Wildman–Crippen MR) is 115 cm³/mol. The number of anilines is 2. The molecule has 0 bridgehead atoms. The molecule has 1 saturated heterocycles. The zero-order chi connectivity index (χ0) is 21.8. The van der Waals surface area contributed by atoms with Crippen molar-refractivity contribution in [3.8, 4) is 0 Å². The number of nitrogens with one attached hydrogen (secondary N) is 2. The number of amides is 2. The van der Waals surface area contributed by atoms with Crippen LogP contribution in [-0.2, 0) is 9.53 Å². The first kappa shape index (κ1) is 21.4. The summed E-state index contributed by atoms with van der Waals surface area (Å²) in [7, 11) is 0. The number of aromatic nitrogens is 1. The lowest BCUT2D eigenvalue weighted by atomic mass is 9.96. The van der Waals surface area contributed by atoms with Gasteiger partial charge >= 0.3 is 5.97 Å². The second-order valence-electron chi connectivity index (χ2n) is 7.48. The second kappa shape index (κ2) is 9.02. The van der Waals surface area contributed by atoms with Crippen LogP contribution in [0.25, 0.3) is 0 Å². The third-order valence-corrected chi connectivity index (χ3v) is 5.53. The Hall–Kier alpha value is -3.29. The monoisotopic (exact) mass is 412 g/mol. The van der Waals surface area contributed by atoms with Gasteiger partial charge in [-0.2, -0.15) is 0 Å². The highest BCUT2D eigenvalue weighted by Crippen LogP contribution is 2.30. The summed E-state index contributed by atoms with van der Waals surface area (Å²) >= 11 is 0. The van der Waals surface area contributed by atoms with Crippen LogP contribution in [0.5, 0.6) is 0 Å². The third-order valence-electron chi connectivity index (χ3n) is 5.53. The van der Waals surface area contributed by atoms with Crippen molar-refractivity contribution in [2.75, 3.05) is 29.9 Å². The number of primary amides is 1. The van der Waals surface area contributed by atoms with E-state index in [0.717, 1.165) is 5.69 Å². The normalized spacial score (nSPS) is 14.4. The highest BCUT2D eigenvalue weighted by Gasteiger charge is 2.26. The molecular formula is C22H28N4O4. The number of piperidine rings is 1. The number of carbonyl (C=O) groups is 3. The molecule has 8 heteroatoms. The number of nitrogens with zero attached hydrogens (tertiary/aromatic N) is 1. The van der Waals surface area contributed by atoms with Crippen molar-refractivity contribution in [3.63, 3.8) is 0 Å². The van der Waals surface area contributed by atoms with Gasteiger partial charge in [-0.1, -0.05) is 12.1 Å². The smallest absolute Gasteiger partial charge is 0.340 e. The maximum absolute atomic E-state index is 13.0. The number of hydrogen-bond acceptors (Lipinski definition) is 5. The van der Waals surface area contributed by atoms with Gasteiger partial charge in [0.25, 0.3) is 5.91 Å². The highest BCUT2D eigenvalue weighted by molar-refractivity contribution is 6.08. The molecule has 0 radical (unpaired) electrons. The van der Waals surface area contributed by atoms with Crippen LogP contribution in [0.1, 0.15) is 51.9 Å². The molecule has 0 aliphatic carbocycles. The van der Waals surface area contributed by atoms with Gasteiger partial charge in [-0.3, -0.25) is 9.59 Å². The number of carbonyl (C=O) groups excluding carboxylic acids is 3. The Morgan fingerprint density at radius 3 is 2.50 bits per heavy atom. The summed E-state index contributed by atoms with van der Waals surface area (Å²) in [4.78, 5) is 41.8. The Bertz CT molecular complexity index is 958. The average Bonchev–Trinajstić information content (AvgIpc) is 3.03. The molecule has 0 unspecified atom stereocenters. The lowest BCUT2D eigenvalue weighted by Gasteiger charge is -2.33. The maximum atomic E-state index is 13.0. The van der Waals surface area contributed by atoms with E-state index in [1.165, 1.54) is 0 Å². The van der Waals surface area contributed by atoms with Gasteiger partial charge in [0.1, 0.15) is 5.69 Å². The second-order valence-corrected chi connectivity index (χ2v) is 7.48. The SMILES string of the molecule is CCOC(=O)c1c(C)[nH]c(C(=O)Nc2ccccc2N2CCC(C(N)=O)CC2)c1C. The lowest BCUT2D eigenvalue weighted by molar-refractivity contribution is -0.122. The topological polar surface area (TPSA) is 118 Å². The van der Waals surface area contributed by atoms with Gasteiger partial charge in [-0.25, -0.2) is 4.79 Å². The fourth-order valence-electron chi connectivity index (χ4n) is 3.93. The molecule has 0 spiro atoms. The number of aromatic amines is 1. The van der Waals surface area contributed by atoms with E-state index in [2.05, 4.69) is 15.2 Å². The van der Waals surface area contributed by atoms with E-state index in [1.54, 1.807) is 20.8 Å². The van der Waals surface area contributed by atoms with E-state index in [4.69, 9.17) is 10.5 Å². The molecule has 160 valence electrons. The van der Waals surface area contributed by atoms with Crippen molar-refractivity contribution < 1.29 is 19.1 Å². The van der Waals surface area contributed by atoms with Crippen molar-refractivity contribution in [2.45, 2.75) is 33.6 Å². The van der Waals surface area contributed by atoms with E-state index in [9.17, 15) is 14.4 Å². The van der Waals surface area contributed by atoms with E-state index in [0.29, 0.717) is 54.1 Å². The number of aryl methyl sites for hydroxylation is 1. The molecule has 0 atom stereocenters. The lowest BCUT2D eigenvalue weighted by Crippen LogP contribution is -2.38. The molecule has 1 aliphatic rings. The number of benzene rings is 1. The molecule has 1 fully saturated rings. The first-order chi connectivity index (χ1) is 14.3. The van der Waals surface area contributed by atoms with Crippen LogP contribution in [0, 0.1) is 19.8 Å². The molecule has 4 N–H and O–H groups in total. The first-order valence-electron chi connectivity index (χ1n) is 10.1. The fourth-order valence-corrected chi connectivity index (χ4v) is 3.93. The molecule has 30 heavy (non-hydrogen) atoms. The van der Waals surface area contributed by atoms with Crippen LogP contribution >= 0.6 is 0 Å². The Labute approximate surface area is 175 Å². The molecule has 3 rings (SSSR count). The van der Waals surface area contributed by atoms with Gasteiger partial charge in [-0.15, -0.1) is 0 Å². The summed E-state index contributed by atoms with van der Waals surface area (Å²) in [6.07, 6.45) is 1.38. The highest BCUT2D eigenvalue weighted by atomic mass is 16.5. The minimum atomic E-state index is -0.444. The van der Waals surface area contributed by atoms with Crippen molar-refractivity contribution in [2.24, 2.45) is 11.7 Å². The van der Waals surface area contributed by atoms with Gasteiger partial charge in [0.15, 0.2) is 0 Å². The summed E-state index contributed by atoms with van der Waals surface area (Å²) in [5, 5.41) is 2.95. The van der Waals surface area contributed by atoms with Crippen LogP contribution in [0.15, 0.2) is 24.3 Å². The molecule has 1 aliphatic heterocycles. The first-order valence-corrected chi connectivity index (χ1v) is 10.1. The number of ether oxygens (including phenoxy) is 1. The Morgan fingerprint density at radius 1 is 1.20 bits per heavy atom. The predicted octanol–water partition coefficient (Wildman–Crippen LogP) is 2.76. The minimum absolute atomic E-state index is 0.103. The largest absolute Gasteiger partial charge is 0.462 e. The number of hydrogen-bond donors (Lipinski definition) is 3. The van der Waals surface area contributed by atoms with Crippen LogP contribution < -0.4 is 16.0 Å². The molecule has 2 amide bonds. The molecule has 1 aromatic carbocycles. The van der Waals surface area contributed by atoms with E-state index < -0.39 is 5.97 Å². The third kappa shape index (κ3) is 4.32. The summed E-state index contributed by atoms with van der Waals surface area (Å²) in [6, 6.07) is 7.54. The summed E-state index contributed by atoms with van der Waals surface area (Å²) in [6.45, 7) is 6.86. The van der Waals surface area contributed by atoms with Crippen LogP contribution in [0.4, 0.5) is 11.4 Å². The summed E-state index contributed by atoms with van der Waals surface area (Å²) in [5.41, 5.74) is 8.87. The maximum Gasteiger partial charge on any atom is 0.340 e. The fraction of sp³-hybridized carbons (Fsp3) is 0.409. The standard InChI is InChI=1S/C22H28N4O4/c1-4-30-22(29)18-13(2)19(24-14(18)3)21(28)25-16-7-5-6-8-17(16)26-11-9-15(10-12-26)20(23)27/h5-8,15,24H,4,9-12H2,1-3H3,(H2,23,27)(H,25,28). The molecule has 2 aromatic rings. The zero-order valence-corrected chi connectivity index (χ0v) is 17.6. The van der Waals surface area contributed by atoms with Gasteiger partial charge in [-0.05, 0) is 51.3 Å². The van der Waals surface area contributed by atoms with Crippen molar-refractivity contribution in [3.05, 3.63) is 46.8 Å². The van der Waals surface area contributed by atoms with Crippen molar-refractivity contribution in [1.82, 2.24) is 4.98 Å². The molecule has 1 aromatic heterocycles. The van der Waals surface area contributed by atoms with Gasteiger partial charge in [0, 0.05) is 24.7 Å². The minimum Gasteiger partial charge on any atom is -0.462 e. The van der Waals surface area contributed by atoms with Crippen LogP contribution in [-0.4, -0.2) is 42.5 Å². The van der Waals surface area contributed by atoms with Gasteiger partial charge in [0.05, 0.1) is 23.5 Å². The van der Waals surface area contributed by atoms with Gasteiger partial charge < -0.3 is 25.7 Å². The zero-order valence-electron chi connectivity index (χ0n) is 17.6. The number of nitrogens with two attached hydrogens (primary N) is 1. The van der Waals surface area contributed by atoms with Crippen molar-refractivity contribution in [1.29, 1.82) is 0 Å². The Morgan fingerprint density at radius 2 is 1.87 bits per heavy atom. The van der Waals surface area contributed by atoms with Crippen molar-refractivity contribution >= 4 is 29.2 Å².